The first-order valence-corrected chi connectivity index (χ1v) is 10.3. The standard InChI is InChI=1S/C20H22N2O4S/c1-20(2,14-15-7-4-3-5-8-15)21-19(24)16-9-6-10-17(13-16)22-18(23)11-12-27(22,25)26/h3-10,13H,11-12,14H2,1-2H3,(H,21,24). The molecule has 1 heterocycles. The summed E-state index contributed by atoms with van der Waals surface area (Å²) >= 11 is 0. The Morgan fingerprint density at radius 2 is 1.81 bits per heavy atom. The number of benzene rings is 2. The fourth-order valence-corrected chi connectivity index (χ4v) is 4.62. The Morgan fingerprint density at radius 3 is 2.44 bits per heavy atom. The largest absolute Gasteiger partial charge is 0.347 e. The van der Waals surface area contributed by atoms with Crippen LogP contribution in [-0.2, 0) is 21.2 Å². The second-order valence-electron chi connectivity index (χ2n) is 7.27. The van der Waals surface area contributed by atoms with Gasteiger partial charge in [0.1, 0.15) is 0 Å². The second kappa shape index (κ2) is 7.15. The molecule has 27 heavy (non-hydrogen) atoms. The Labute approximate surface area is 159 Å². The second-order valence-corrected chi connectivity index (χ2v) is 9.21. The Morgan fingerprint density at radius 1 is 1.11 bits per heavy atom. The number of nitrogens with one attached hydrogen (secondary N) is 1. The molecule has 2 amide bonds. The first-order valence-electron chi connectivity index (χ1n) is 8.70. The van der Waals surface area contributed by atoms with E-state index in [4.69, 9.17) is 0 Å². The van der Waals surface area contributed by atoms with Crippen LogP contribution in [0.15, 0.2) is 54.6 Å². The van der Waals surface area contributed by atoms with Crippen molar-refractivity contribution in [2.75, 3.05) is 10.1 Å². The van der Waals surface area contributed by atoms with Gasteiger partial charge >= 0.3 is 0 Å². The van der Waals surface area contributed by atoms with Crippen LogP contribution in [0.5, 0.6) is 0 Å². The molecule has 0 aliphatic carbocycles. The van der Waals surface area contributed by atoms with Gasteiger partial charge in [0.05, 0.1) is 11.4 Å². The molecule has 0 bridgehead atoms. The molecule has 0 radical (unpaired) electrons. The lowest BCUT2D eigenvalue weighted by atomic mass is 9.94. The monoisotopic (exact) mass is 386 g/mol. The van der Waals surface area contributed by atoms with Gasteiger partial charge in [-0.3, -0.25) is 9.59 Å². The minimum absolute atomic E-state index is 0.0388. The summed E-state index contributed by atoms with van der Waals surface area (Å²) in [6, 6.07) is 16.0. The van der Waals surface area contributed by atoms with E-state index in [9.17, 15) is 18.0 Å². The van der Waals surface area contributed by atoms with Gasteiger partial charge in [0.25, 0.3) is 5.91 Å². The van der Waals surface area contributed by atoms with E-state index in [1.165, 1.54) is 12.1 Å². The van der Waals surface area contributed by atoms with E-state index in [1.807, 2.05) is 44.2 Å². The van der Waals surface area contributed by atoms with Gasteiger partial charge in [-0.15, -0.1) is 0 Å². The van der Waals surface area contributed by atoms with Crippen LogP contribution in [0.4, 0.5) is 5.69 Å². The maximum absolute atomic E-state index is 12.7. The average Bonchev–Trinajstić information content (AvgIpc) is 2.88. The van der Waals surface area contributed by atoms with E-state index in [0.29, 0.717) is 12.0 Å². The summed E-state index contributed by atoms with van der Waals surface area (Å²) < 4.78 is 25.0. The molecule has 142 valence electrons. The molecule has 2 aromatic carbocycles. The highest BCUT2D eigenvalue weighted by Gasteiger charge is 2.36. The van der Waals surface area contributed by atoms with Crippen molar-refractivity contribution in [3.8, 4) is 0 Å². The molecule has 0 spiro atoms. The van der Waals surface area contributed by atoms with Crippen LogP contribution in [0.25, 0.3) is 0 Å². The normalized spacial score (nSPS) is 16.4. The molecular formula is C20H22N2O4S. The third-order valence-electron chi connectivity index (χ3n) is 4.36. The van der Waals surface area contributed by atoms with Crippen molar-refractivity contribution in [1.29, 1.82) is 0 Å². The lowest BCUT2D eigenvalue weighted by Crippen LogP contribution is -2.45. The summed E-state index contributed by atoms with van der Waals surface area (Å²) in [6.45, 7) is 3.85. The smallest absolute Gasteiger partial charge is 0.251 e. The van der Waals surface area contributed by atoms with Crippen molar-refractivity contribution >= 4 is 27.5 Å². The number of amides is 2. The predicted octanol–water partition coefficient (Wildman–Crippen LogP) is 2.50. The number of rotatable bonds is 5. The number of nitrogens with zero attached hydrogens (tertiary/aromatic N) is 1. The van der Waals surface area contributed by atoms with Crippen LogP contribution >= 0.6 is 0 Å². The lowest BCUT2D eigenvalue weighted by molar-refractivity contribution is -0.116. The van der Waals surface area contributed by atoms with Gasteiger partial charge in [-0.05, 0) is 44.0 Å². The highest BCUT2D eigenvalue weighted by Crippen LogP contribution is 2.26. The first kappa shape index (κ1) is 19.1. The first-order chi connectivity index (χ1) is 12.7. The van der Waals surface area contributed by atoms with E-state index in [0.717, 1.165) is 9.87 Å². The van der Waals surface area contributed by atoms with Gasteiger partial charge in [-0.1, -0.05) is 36.4 Å². The van der Waals surface area contributed by atoms with Gasteiger partial charge in [0.2, 0.25) is 15.9 Å². The maximum Gasteiger partial charge on any atom is 0.251 e. The van der Waals surface area contributed by atoms with E-state index in [1.54, 1.807) is 12.1 Å². The minimum Gasteiger partial charge on any atom is -0.347 e. The fraction of sp³-hybridized carbons (Fsp3) is 0.300. The Hall–Kier alpha value is -2.67. The molecule has 0 atom stereocenters. The number of hydrogen-bond acceptors (Lipinski definition) is 4. The summed E-state index contributed by atoms with van der Waals surface area (Å²) in [7, 11) is -3.66. The van der Waals surface area contributed by atoms with Gasteiger partial charge in [-0.25, -0.2) is 12.7 Å². The molecule has 1 saturated heterocycles. The zero-order chi connectivity index (χ0) is 19.7. The van der Waals surface area contributed by atoms with E-state index in [2.05, 4.69) is 5.32 Å². The van der Waals surface area contributed by atoms with Crippen LogP contribution in [0, 0.1) is 0 Å². The van der Waals surface area contributed by atoms with Gasteiger partial charge in [0, 0.05) is 17.5 Å². The third-order valence-corrected chi connectivity index (χ3v) is 6.05. The highest BCUT2D eigenvalue weighted by atomic mass is 32.2. The topological polar surface area (TPSA) is 83.6 Å². The fourth-order valence-electron chi connectivity index (χ4n) is 3.17. The quantitative estimate of drug-likeness (QED) is 0.856. The Balaban J connectivity index is 1.78. The van der Waals surface area contributed by atoms with Gasteiger partial charge < -0.3 is 5.32 Å². The summed E-state index contributed by atoms with van der Waals surface area (Å²) in [5.74, 6) is -0.995. The minimum atomic E-state index is -3.66. The van der Waals surface area contributed by atoms with Crippen LogP contribution in [0.2, 0.25) is 0 Å². The molecule has 0 unspecified atom stereocenters. The molecule has 1 fully saturated rings. The molecular weight excluding hydrogens is 364 g/mol. The van der Waals surface area contributed by atoms with Crippen molar-refractivity contribution in [2.24, 2.45) is 0 Å². The molecule has 1 aliphatic heterocycles. The van der Waals surface area contributed by atoms with Crippen LogP contribution in [0.3, 0.4) is 0 Å². The summed E-state index contributed by atoms with van der Waals surface area (Å²) in [6.07, 6.45) is 0.612. The zero-order valence-corrected chi connectivity index (χ0v) is 16.1. The third kappa shape index (κ3) is 4.36. The highest BCUT2D eigenvalue weighted by molar-refractivity contribution is 7.94. The van der Waals surface area contributed by atoms with Crippen molar-refractivity contribution in [2.45, 2.75) is 32.2 Å². The van der Waals surface area contributed by atoms with Crippen molar-refractivity contribution < 1.29 is 18.0 Å². The number of carbonyl (C=O) groups is 2. The zero-order valence-electron chi connectivity index (χ0n) is 15.3. The van der Waals surface area contributed by atoms with Gasteiger partial charge in [-0.2, -0.15) is 0 Å². The van der Waals surface area contributed by atoms with Crippen LogP contribution in [0.1, 0.15) is 36.2 Å². The Kier molecular flexibility index (Phi) is 5.06. The molecule has 2 aromatic rings. The molecule has 6 nitrogen and oxygen atoms in total. The van der Waals surface area contributed by atoms with E-state index in [-0.39, 0.29) is 23.8 Å². The molecule has 1 N–H and O–H groups in total. The van der Waals surface area contributed by atoms with Crippen LogP contribution < -0.4 is 9.62 Å². The molecule has 7 heteroatoms. The molecule has 0 aromatic heterocycles. The number of anilines is 1. The molecule has 0 saturated carbocycles. The molecule has 1 aliphatic rings. The number of hydrogen-bond donors (Lipinski definition) is 1. The van der Waals surface area contributed by atoms with E-state index >= 15 is 0 Å². The summed E-state index contributed by atoms with van der Waals surface area (Å²) in [5.41, 5.74) is 1.11. The number of sulfonamides is 1. The SMILES string of the molecule is CC(C)(Cc1ccccc1)NC(=O)c1cccc(N2C(=O)CCS2(=O)=O)c1. The Bertz CT molecular complexity index is 968. The number of carbonyl (C=O) groups excluding carboxylic acids is 2. The summed E-state index contributed by atoms with van der Waals surface area (Å²) in [4.78, 5) is 24.6. The van der Waals surface area contributed by atoms with Crippen molar-refractivity contribution in [3.05, 3.63) is 65.7 Å². The average molecular weight is 386 g/mol. The van der Waals surface area contributed by atoms with E-state index < -0.39 is 21.5 Å². The maximum atomic E-state index is 12.7. The van der Waals surface area contributed by atoms with Gasteiger partial charge in [0.15, 0.2) is 0 Å². The lowest BCUT2D eigenvalue weighted by Gasteiger charge is -2.27. The van der Waals surface area contributed by atoms with Crippen molar-refractivity contribution in [1.82, 2.24) is 5.32 Å². The summed E-state index contributed by atoms with van der Waals surface area (Å²) in [5, 5.41) is 2.98. The molecule has 3 rings (SSSR count). The predicted molar refractivity (Wildman–Crippen MR) is 104 cm³/mol. The van der Waals surface area contributed by atoms with Crippen LogP contribution in [-0.4, -0.2) is 31.5 Å². The van der Waals surface area contributed by atoms with Crippen molar-refractivity contribution in [3.63, 3.8) is 0 Å².